The Labute approximate surface area is 96.8 Å². The number of alkyl halides is 1. The van der Waals surface area contributed by atoms with Crippen LogP contribution in [0.25, 0.3) is 0 Å². The second kappa shape index (κ2) is 6.20. The SMILES string of the molecule is N#Cc1ccc(OC(=O)CCCBr)cc1. The van der Waals surface area contributed by atoms with Crippen LogP contribution in [0.1, 0.15) is 18.4 Å². The van der Waals surface area contributed by atoms with Gasteiger partial charge < -0.3 is 4.74 Å². The molecule has 0 aromatic heterocycles. The third-order valence-electron chi connectivity index (χ3n) is 1.73. The number of nitriles is 1. The monoisotopic (exact) mass is 267 g/mol. The summed E-state index contributed by atoms with van der Waals surface area (Å²) in [5.41, 5.74) is 0.551. The maximum atomic E-state index is 11.2. The summed E-state index contributed by atoms with van der Waals surface area (Å²) in [6, 6.07) is 8.46. The standard InChI is InChI=1S/C11H10BrNO2/c12-7-1-2-11(14)15-10-5-3-9(8-13)4-6-10/h3-6H,1-2,7H2. The van der Waals surface area contributed by atoms with Gasteiger partial charge in [0.15, 0.2) is 0 Å². The van der Waals surface area contributed by atoms with Crippen molar-refractivity contribution in [3.63, 3.8) is 0 Å². The molecule has 0 heterocycles. The van der Waals surface area contributed by atoms with E-state index in [1.807, 2.05) is 6.07 Å². The predicted molar refractivity (Wildman–Crippen MR) is 59.8 cm³/mol. The average molecular weight is 268 g/mol. The van der Waals surface area contributed by atoms with Gasteiger partial charge in [0.2, 0.25) is 0 Å². The Balaban J connectivity index is 2.50. The number of halogens is 1. The highest BCUT2D eigenvalue weighted by molar-refractivity contribution is 9.09. The smallest absolute Gasteiger partial charge is 0.311 e. The van der Waals surface area contributed by atoms with Crippen LogP contribution in [0.15, 0.2) is 24.3 Å². The van der Waals surface area contributed by atoms with Gasteiger partial charge in [0.25, 0.3) is 0 Å². The zero-order valence-electron chi connectivity index (χ0n) is 8.07. The van der Waals surface area contributed by atoms with Gasteiger partial charge in [-0.1, -0.05) is 15.9 Å². The van der Waals surface area contributed by atoms with Crippen LogP contribution in [0.5, 0.6) is 5.75 Å². The molecule has 0 aliphatic rings. The van der Waals surface area contributed by atoms with E-state index in [1.54, 1.807) is 24.3 Å². The maximum Gasteiger partial charge on any atom is 0.311 e. The molecule has 3 nitrogen and oxygen atoms in total. The van der Waals surface area contributed by atoms with Gasteiger partial charge in [-0.2, -0.15) is 5.26 Å². The van der Waals surface area contributed by atoms with Crippen molar-refractivity contribution in [2.75, 3.05) is 5.33 Å². The molecule has 0 atom stereocenters. The van der Waals surface area contributed by atoms with Crippen molar-refractivity contribution >= 4 is 21.9 Å². The van der Waals surface area contributed by atoms with Crippen molar-refractivity contribution in [3.05, 3.63) is 29.8 Å². The number of hydrogen-bond donors (Lipinski definition) is 0. The van der Waals surface area contributed by atoms with Crippen molar-refractivity contribution in [3.8, 4) is 11.8 Å². The number of benzene rings is 1. The predicted octanol–water partition coefficient (Wildman–Crippen LogP) is 2.64. The Bertz CT molecular complexity index is 367. The van der Waals surface area contributed by atoms with Crippen molar-refractivity contribution in [1.29, 1.82) is 5.26 Å². The van der Waals surface area contributed by atoms with Gasteiger partial charge in [0, 0.05) is 11.8 Å². The number of carbonyl (C=O) groups is 1. The van der Waals surface area contributed by atoms with Gasteiger partial charge in [-0.3, -0.25) is 4.79 Å². The fraction of sp³-hybridized carbons (Fsp3) is 0.273. The molecule has 0 fully saturated rings. The van der Waals surface area contributed by atoms with Crippen LogP contribution in [0, 0.1) is 11.3 Å². The Kier molecular flexibility index (Phi) is 4.85. The van der Waals surface area contributed by atoms with Crippen LogP contribution in [0.2, 0.25) is 0 Å². The topological polar surface area (TPSA) is 50.1 Å². The minimum absolute atomic E-state index is 0.251. The largest absolute Gasteiger partial charge is 0.427 e. The lowest BCUT2D eigenvalue weighted by atomic mass is 10.2. The zero-order valence-corrected chi connectivity index (χ0v) is 9.66. The molecule has 0 radical (unpaired) electrons. The lowest BCUT2D eigenvalue weighted by Gasteiger charge is -2.02. The van der Waals surface area contributed by atoms with E-state index in [2.05, 4.69) is 15.9 Å². The average Bonchev–Trinajstić information content (AvgIpc) is 2.27. The van der Waals surface area contributed by atoms with Crippen LogP contribution >= 0.6 is 15.9 Å². The molecule has 0 amide bonds. The molecule has 15 heavy (non-hydrogen) atoms. The second-order valence-electron chi connectivity index (χ2n) is 2.90. The van der Waals surface area contributed by atoms with E-state index in [9.17, 15) is 4.79 Å². The van der Waals surface area contributed by atoms with Crippen LogP contribution in [-0.4, -0.2) is 11.3 Å². The summed E-state index contributed by atoms with van der Waals surface area (Å²) >= 11 is 3.24. The first-order chi connectivity index (χ1) is 7.26. The fourth-order valence-corrected chi connectivity index (χ4v) is 1.27. The molecule has 0 aliphatic heterocycles. The van der Waals surface area contributed by atoms with Gasteiger partial charge in [0.1, 0.15) is 5.75 Å². The summed E-state index contributed by atoms with van der Waals surface area (Å²) in [4.78, 5) is 11.2. The summed E-state index contributed by atoms with van der Waals surface area (Å²) < 4.78 is 5.05. The molecule has 1 rings (SSSR count). The maximum absolute atomic E-state index is 11.2. The van der Waals surface area contributed by atoms with E-state index >= 15 is 0 Å². The van der Waals surface area contributed by atoms with Gasteiger partial charge in [-0.05, 0) is 30.7 Å². The number of hydrogen-bond acceptors (Lipinski definition) is 3. The molecule has 0 saturated heterocycles. The van der Waals surface area contributed by atoms with Crippen LogP contribution in [0.3, 0.4) is 0 Å². The number of ether oxygens (including phenoxy) is 1. The Hall–Kier alpha value is -1.34. The van der Waals surface area contributed by atoms with Crippen molar-refractivity contribution in [2.45, 2.75) is 12.8 Å². The molecule has 1 aromatic carbocycles. The first kappa shape index (κ1) is 11.7. The molecular formula is C11H10BrNO2. The van der Waals surface area contributed by atoms with Gasteiger partial charge in [-0.15, -0.1) is 0 Å². The van der Waals surface area contributed by atoms with E-state index in [4.69, 9.17) is 10.00 Å². The minimum Gasteiger partial charge on any atom is -0.427 e. The van der Waals surface area contributed by atoms with Gasteiger partial charge in [0.05, 0.1) is 11.6 Å². The Morgan fingerprint density at radius 1 is 1.40 bits per heavy atom. The molecule has 0 N–H and O–H groups in total. The molecule has 0 aliphatic carbocycles. The molecule has 0 spiro atoms. The van der Waals surface area contributed by atoms with E-state index in [0.29, 0.717) is 17.7 Å². The third kappa shape index (κ3) is 4.13. The number of esters is 1. The highest BCUT2D eigenvalue weighted by Gasteiger charge is 2.03. The first-order valence-electron chi connectivity index (χ1n) is 4.53. The van der Waals surface area contributed by atoms with Crippen molar-refractivity contribution < 1.29 is 9.53 Å². The zero-order chi connectivity index (χ0) is 11.1. The Morgan fingerprint density at radius 2 is 2.07 bits per heavy atom. The summed E-state index contributed by atoms with van der Waals surface area (Å²) in [7, 11) is 0. The second-order valence-corrected chi connectivity index (χ2v) is 3.70. The molecule has 4 heteroatoms. The van der Waals surface area contributed by atoms with E-state index in [-0.39, 0.29) is 5.97 Å². The van der Waals surface area contributed by atoms with Crippen molar-refractivity contribution in [1.82, 2.24) is 0 Å². The van der Waals surface area contributed by atoms with Gasteiger partial charge in [-0.25, -0.2) is 0 Å². The summed E-state index contributed by atoms with van der Waals surface area (Å²) in [5.74, 6) is 0.229. The number of carbonyl (C=O) groups excluding carboxylic acids is 1. The molecule has 1 aromatic rings. The molecule has 0 unspecified atom stereocenters. The van der Waals surface area contributed by atoms with Crippen LogP contribution in [-0.2, 0) is 4.79 Å². The first-order valence-corrected chi connectivity index (χ1v) is 5.65. The molecular weight excluding hydrogens is 258 g/mol. The number of nitrogens with zero attached hydrogens (tertiary/aromatic N) is 1. The highest BCUT2D eigenvalue weighted by Crippen LogP contribution is 2.12. The summed E-state index contributed by atoms with van der Waals surface area (Å²) in [6.45, 7) is 0. The van der Waals surface area contributed by atoms with E-state index in [0.717, 1.165) is 11.8 Å². The summed E-state index contributed by atoms with van der Waals surface area (Å²) in [6.07, 6.45) is 1.15. The minimum atomic E-state index is -0.251. The molecule has 0 bridgehead atoms. The Morgan fingerprint density at radius 3 is 2.60 bits per heavy atom. The fourth-order valence-electron chi connectivity index (χ4n) is 0.991. The lowest BCUT2D eigenvalue weighted by molar-refractivity contribution is -0.134. The highest BCUT2D eigenvalue weighted by atomic mass is 79.9. The third-order valence-corrected chi connectivity index (χ3v) is 2.29. The van der Waals surface area contributed by atoms with Gasteiger partial charge >= 0.3 is 5.97 Å². The molecule has 0 saturated carbocycles. The number of rotatable bonds is 4. The normalized spacial score (nSPS) is 9.33. The van der Waals surface area contributed by atoms with E-state index in [1.165, 1.54) is 0 Å². The summed E-state index contributed by atoms with van der Waals surface area (Å²) in [5, 5.41) is 9.35. The quantitative estimate of drug-likeness (QED) is 0.479. The molecule has 78 valence electrons. The van der Waals surface area contributed by atoms with Crippen LogP contribution < -0.4 is 4.74 Å². The van der Waals surface area contributed by atoms with Crippen molar-refractivity contribution in [2.24, 2.45) is 0 Å². The lowest BCUT2D eigenvalue weighted by Crippen LogP contribution is -2.07. The van der Waals surface area contributed by atoms with E-state index < -0.39 is 0 Å². The van der Waals surface area contributed by atoms with Crippen LogP contribution in [0.4, 0.5) is 0 Å².